The largest absolute Gasteiger partial charge is 0.510 e. The third-order valence-corrected chi connectivity index (χ3v) is 4.80. The van der Waals surface area contributed by atoms with Crippen LogP contribution in [0.1, 0.15) is 29.2 Å². The molecule has 0 saturated carbocycles. The van der Waals surface area contributed by atoms with Gasteiger partial charge in [-0.1, -0.05) is 34.5 Å². The average Bonchev–Trinajstić information content (AvgIpc) is 2.99. The van der Waals surface area contributed by atoms with E-state index in [0.717, 1.165) is 11.3 Å². The summed E-state index contributed by atoms with van der Waals surface area (Å²) in [5.41, 5.74) is 0.336. The molecule has 1 amide bonds. The highest BCUT2D eigenvalue weighted by Gasteiger charge is 2.18. The van der Waals surface area contributed by atoms with Crippen molar-refractivity contribution in [1.29, 1.82) is 0 Å². The van der Waals surface area contributed by atoms with E-state index < -0.39 is 11.9 Å². The molecule has 0 aliphatic rings. The number of azo groups is 1. The number of thiazole rings is 1. The molecule has 2 aromatic rings. The highest BCUT2D eigenvalue weighted by atomic mass is 35.5. The van der Waals surface area contributed by atoms with E-state index in [1.165, 1.54) is 19.1 Å². The van der Waals surface area contributed by atoms with Gasteiger partial charge in [-0.15, -0.1) is 10.2 Å². The van der Waals surface area contributed by atoms with Crippen LogP contribution in [0.4, 0.5) is 10.8 Å². The average molecular weight is 443 g/mol. The van der Waals surface area contributed by atoms with Gasteiger partial charge < -0.3 is 15.2 Å². The van der Waals surface area contributed by atoms with Gasteiger partial charge in [0.25, 0.3) is 5.91 Å². The van der Waals surface area contributed by atoms with Crippen molar-refractivity contribution in [1.82, 2.24) is 4.98 Å². The van der Waals surface area contributed by atoms with Crippen molar-refractivity contribution < 1.29 is 19.4 Å². The van der Waals surface area contributed by atoms with E-state index in [1.54, 1.807) is 19.9 Å². The quantitative estimate of drug-likeness (QED) is 0.267. The third-order valence-electron chi connectivity index (χ3n) is 3.22. The predicted molar refractivity (Wildman–Crippen MR) is 108 cm³/mol. The number of aliphatic hydroxyl groups excluding tert-OH is 1. The number of hydrogen-bond donors (Lipinski definition) is 2. The fraction of sp³-hybridized carbons (Fsp3) is 0.235. The number of hydrogen-bond acceptors (Lipinski definition) is 8. The second-order valence-electron chi connectivity index (χ2n) is 5.34. The topological polar surface area (TPSA) is 113 Å². The van der Waals surface area contributed by atoms with Gasteiger partial charge in [-0.2, -0.15) is 0 Å². The Morgan fingerprint density at radius 2 is 2.07 bits per heavy atom. The number of nitrogens with zero attached hydrogens (tertiary/aromatic N) is 3. The van der Waals surface area contributed by atoms with E-state index in [2.05, 4.69) is 20.5 Å². The van der Waals surface area contributed by atoms with Crippen LogP contribution in [0.5, 0.6) is 0 Å². The Balaban J connectivity index is 2.23. The minimum Gasteiger partial charge on any atom is -0.510 e. The van der Waals surface area contributed by atoms with Crippen LogP contribution in [0.25, 0.3) is 0 Å². The van der Waals surface area contributed by atoms with Gasteiger partial charge in [0.15, 0.2) is 5.70 Å². The van der Waals surface area contributed by atoms with Crippen molar-refractivity contribution in [2.45, 2.75) is 20.8 Å². The Morgan fingerprint density at radius 1 is 1.36 bits per heavy atom. The summed E-state index contributed by atoms with van der Waals surface area (Å²) in [6.07, 6.45) is 0. The smallest absolute Gasteiger partial charge is 0.350 e. The number of rotatable bonds is 6. The van der Waals surface area contributed by atoms with Gasteiger partial charge in [0, 0.05) is 5.02 Å². The molecule has 1 aromatic carbocycles. The zero-order valence-corrected chi connectivity index (χ0v) is 17.4. The lowest BCUT2D eigenvalue weighted by Gasteiger charge is -2.07. The first kappa shape index (κ1) is 21.8. The number of amides is 1. The number of halogens is 2. The lowest BCUT2D eigenvalue weighted by Crippen LogP contribution is -2.15. The number of carbonyl (C=O) groups is 2. The lowest BCUT2D eigenvalue weighted by atomic mass is 10.3. The molecule has 0 unspecified atom stereocenters. The number of carbonyl (C=O) groups excluding carboxylic acids is 2. The summed E-state index contributed by atoms with van der Waals surface area (Å²) < 4.78 is 4.93. The number of benzene rings is 1. The Hall–Kier alpha value is -2.49. The summed E-state index contributed by atoms with van der Waals surface area (Å²) in [5.74, 6) is -1.62. The molecule has 0 radical (unpaired) electrons. The molecule has 0 saturated heterocycles. The van der Waals surface area contributed by atoms with E-state index in [9.17, 15) is 14.7 Å². The fourth-order valence-electron chi connectivity index (χ4n) is 1.96. The van der Waals surface area contributed by atoms with E-state index in [4.69, 9.17) is 27.9 Å². The normalized spacial score (nSPS) is 12.0. The van der Waals surface area contributed by atoms with Crippen molar-refractivity contribution in [3.63, 3.8) is 0 Å². The van der Waals surface area contributed by atoms with Crippen molar-refractivity contribution in [2.75, 3.05) is 11.9 Å². The van der Waals surface area contributed by atoms with E-state index in [0.29, 0.717) is 10.7 Å². The molecular weight excluding hydrogens is 427 g/mol. The molecular formula is C17H16Cl2N4O4S. The van der Waals surface area contributed by atoms with Gasteiger partial charge in [0.05, 0.1) is 23.0 Å². The maximum Gasteiger partial charge on any atom is 0.350 e. The monoisotopic (exact) mass is 442 g/mol. The second kappa shape index (κ2) is 9.63. The number of anilines is 1. The van der Waals surface area contributed by atoms with E-state index in [-0.39, 0.29) is 38.8 Å². The number of ether oxygens (including phenoxy) is 1. The van der Waals surface area contributed by atoms with Crippen molar-refractivity contribution >= 4 is 57.2 Å². The molecule has 0 atom stereocenters. The number of aromatic nitrogens is 1. The van der Waals surface area contributed by atoms with Gasteiger partial charge in [0.1, 0.15) is 10.6 Å². The van der Waals surface area contributed by atoms with Crippen LogP contribution < -0.4 is 5.32 Å². The molecule has 11 heteroatoms. The van der Waals surface area contributed by atoms with Crippen molar-refractivity contribution in [2.24, 2.45) is 10.2 Å². The number of aryl methyl sites for hydroxylation is 1. The summed E-state index contributed by atoms with van der Waals surface area (Å²) >= 11 is 12.9. The van der Waals surface area contributed by atoms with Crippen LogP contribution in [0.3, 0.4) is 0 Å². The Bertz CT molecular complexity index is 968. The minimum atomic E-state index is -0.744. The van der Waals surface area contributed by atoms with Crippen LogP contribution >= 0.6 is 34.5 Å². The summed E-state index contributed by atoms with van der Waals surface area (Å²) in [6.45, 7) is 4.84. The maximum absolute atomic E-state index is 12.4. The molecule has 0 aliphatic carbocycles. The molecule has 1 heterocycles. The van der Waals surface area contributed by atoms with Gasteiger partial charge in [-0.25, -0.2) is 9.78 Å². The molecule has 0 aliphatic heterocycles. The summed E-state index contributed by atoms with van der Waals surface area (Å²) in [6, 6.07) is 4.55. The SMILES string of the molecule is CCOC(=O)c1sc(N=N/C(C(=O)Nc2cc(Cl)ccc2Cl)=C(/C)O)nc1C. The van der Waals surface area contributed by atoms with Crippen LogP contribution in [0.15, 0.2) is 39.9 Å². The molecule has 8 nitrogen and oxygen atoms in total. The standard InChI is InChI=1S/C17H16Cl2N4O4S/c1-4-27-16(26)14-8(2)20-17(28-14)23-22-13(9(3)24)15(25)21-12-7-10(18)5-6-11(12)19/h5-7,24H,4H2,1-3H3,(H,21,25)/b13-9-,23-22?. The number of allylic oxidation sites excluding steroid dienone is 1. The zero-order valence-electron chi connectivity index (χ0n) is 15.1. The fourth-order valence-corrected chi connectivity index (χ4v) is 3.08. The highest BCUT2D eigenvalue weighted by Crippen LogP contribution is 2.28. The first-order valence-electron chi connectivity index (χ1n) is 7.95. The van der Waals surface area contributed by atoms with Gasteiger partial charge in [0.2, 0.25) is 5.13 Å². The molecule has 28 heavy (non-hydrogen) atoms. The molecule has 0 fully saturated rings. The second-order valence-corrected chi connectivity index (χ2v) is 7.16. The molecule has 148 valence electrons. The Labute approximate surface area is 174 Å². The summed E-state index contributed by atoms with van der Waals surface area (Å²) in [4.78, 5) is 28.7. The van der Waals surface area contributed by atoms with Crippen molar-refractivity contribution in [3.05, 3.63) is 50.3 Å². The van der Waals surface area contributed by atoms with E-state index in [1.807, 2.05) is 0 Å². The Kier molecular flexibility index (Phi) is 7.50. The van der Waals surface area contributed by atoms with E-state index >= 15 is 0 Å². The van der Waals surface area contributed by atoms with Crippen molar-refractivity contribution in [3.8, 4) is 0 Å². The summed E-state index contributed by atoms with van der Waals surface area (Å²) in [7, 11) is 0. The van der Waals surface area contributed by atoms with Crippen LogP contribution in [-0.4, -0.2) is 28.6 Å². The third kappa shape index (κ3) is 5.51. The van der Waals surface area contributed by atoms with Gasteiger partial charge in [-0.05, 0) is 39.0 Å². The zero-order chi connectivity index (χ0) is 20.8. The highest BCUT2D eigenvalue weighted by molar-refractivity contribution is 7.17. The van der Waals surface area contributed by atoms with Crippen LogP contribution in [0, 0.1) is 6.92 Å². The van der Waals surface area contributed by atoms with Gasteiger partial charge >= 0.3 is 5.97 Å². The maximum atomic E-state index is 12.4. The minimum absolute atomic E-state index is 0.132. The summed E-state index contributed by atoms with van der Waals surface area (Å²) in [5, 5.41) is 20.7. The number of esters is 1. The molecule has 2 rings (SSSR count). The molecule has 0 spiro atoms. The molecule has 0 bridgehead atoms. The predicted octanol–water partition coefficient (Wildman–Crippen LogP) is 5.45. The first-order chi connectivity index (χ1) is 13.2. The lowest BCUT2D eigenvalue weighted by molar-refractivity contribution is -0.113. The molecule has 1 aromatic heterocycles. The molecule has 2 N–H and O–H groups in total. The van der Waals surface area contributed by atoms with Crippen LogP contribution in [0.2, 0.25) is 10.0 Å². The Morgan fingerprint density at radius 3 is 2.71 bits per heavy atom. The van der Waals surface area contributed by atoms with Gasteiger partial charge in [-0.3, -0.25) is 4.79 Å². The number of nitrogens with one attached hydrogen (secondary N) is 1. The van der Waals surface area contributed by atoms with Crippen LogP contribution in [-0.2, 0) is 9.53 Å². The first-order valence-corrected chi connectivity index (χ1v) is 9.52. The number of aliphatic hydroxyl groups is 1.